The summed E-state index contributed by atoms with van der Waals surface area (Å²) in [4.78, 5) is 25.8. The summed E-state index contributed by atoms with van der Waals surface area (Å²) in [5, 5.41) is 2.70. The van der Waals surface area contributed by atoms with Gasteiger partial charge < -0.3 is 10.2 Å². The molecule has 0 radical (unpaired) electrons. The van der Waals surface area contributed by atoms with E-state index in [0.29, 0.717) is 18.5 Å². The zero-order chi connectivity index (χ0) is 15.3. The quantitative estimate of drug-likeness (QED) is 0.788. The second-order valence-corrected chi connectivity index (χ2v) is 9.05. The van der Waals surface area contributed by atoms with Crippen LogP contribution in [-0.4, -0.2) is 54.8 Å². The Morgan fingerprint density at radius 3 is 2.40 bits per heavy atom. The third-order valence-electron chi connectivity index (χ3n) is 4.43. The van der Waals surface area contributed by atoms with Crippen molar-refractivity contribution in [2.24, 2.45) is 5.92 Å². The molecule has 20 heavy (non-hydrogen) atoms. The minimum atomic E-state index is -3.49. The third-order valence-corrected chi connectivity index (χ3v) is 6.47. The van der Waals surface area contributed by atoms with Gasteiger partial charge in [0.25, 0.3) is 0 Å². The first kappa shape index (κ1) is 15.3. The van der Waals surface area contributed by atoms with Crippen molar-refractivity contribution in [1.82, 2.24) is 10.2 Å². The number of hydrogen-bond acceptors (Lipinski definition) is 4. The summed E-state index contributed by atoms with van der Waals surface area (Å²) in [6.07, 6.45) is 2.32. The molecule has 1 heterocycles. The predicted molar refractivity (Wildman–Crippen MR) is 74.8 cm³/mol. The van der Waals surface area contributed by atoms with Crippen molar-refractivity contribution in [2.45, 2.75) is 50.4 Å². The number of carbonyl (C=O) groups is 2. The lowest BCUT2D eigenvalue weighted by Crippen LogP contribution is -2.51. The minimum absolute atomic E-state index is 0.0433. The van der Waals surface area contributed by atoms with E-state index in [2.05, 4.69) is 12.2 Å². The van der Waals surface area contributed by atoms with Gasteiger partial charge in [0, 0.05) is 25.3 Å². The van der Waals surface area contributed by atoms with Crippen LogP contribution in [0.25, 0.3) is 0 Å². The highest BCUT2D eigenvalue weighted by Gasteiger charge is 2.46. The van der Waals surface area contributed by atoms with E-state index in [1.54, 1.807) is 0 Å². The van der Waals surface area contributed by atoms with Gasteiger partial charge in [-0.25, -0.2) is 8.42 Å². The lowest BCUT2D eigenvalue weighted by Gasteiger charge is -2.24. The molecule has 0 spiro atoms. The highest BCUT2D eigenvalue weighted by molar-refractivity contribution is 7.92. The van der Waals surface area contributed by atoms with E-state index in [1.165, 1.54) is 13.8 Å². The van der Waals surface area contributed by atoms with Crippen molar-refractivity contribution in [2.75, 3.05) is 12.8 Å². The molecule has 7 heteroatoms. The molecule has 0 aromatic rings. The lowest BCUT2D eigenvalue weighted by atomic mass is 10.1. The molecule has 1 aliphatic carbocycles. The van der Waals surface area contributed by atoms with Crippen molar-refractivity contribution in [3.63, 3.8) is 0 Å². The Morgan fingerprint density at radius 1 is 1.40 bits per heavy atom. The average Bonchev–Trinajstić information content (AvgIpc) is 2.89. The minimum Gasteiger partial charge on any atom is -0.350 e. The fraction of sp³-hybridized carbons (Fsp3) is 0.846. The van der Waals surface area contributed by atoms with Crippen LogP contribution in [-0.2, 0) is 19.4 Å². The predicted octanol–water partition coefficient (Wildman–Crippen LogP) is -0.0649. The maximum atomic E-state index is 12.1. The molecule has 0 aromatic heterocycles. The molecule has 2 fully saturated rings. The SMILES string of the molecule is CC1CC1N1CC(NC(=O)C(C)(C)S(C)(=O)=O)CC1=O. The molecule has 3 atom stereocenters. The normalized spacial score (nSPS) is 30.5. The second-order valence-electron chi connectivity index (χ2n) is 6.48. The first-order valence-corrected chi connectivity index (χ1v) is 8.73. The van der Waals surface area contributed by atoms with Crippen molar-refractivity contribution < 1.29 is 18.0 Å². The van der Waals surface area contributed by atoms with Gasteiger partial charge in [-0.05, 0) is 26.2 Å². The number of carbonyl (C=O) groups excluding carboxylic acids is 2. The average molecular weight is 302 g/mol. The van der Waals surface area contributed by atoms with E-state index >= 15 is 0 Å². The van der Waals surface area contributed by atoms with Gasteiger partial charge in [0.15, 0.2) is 9.84 Å². The highest BCUT2D eigenvalue weighted by Crippen LogP contribution is 2.37. The van der Waals surface area contributed by atoms with E-state index in [9.17, 15) is 18.0 Å². The third kappa shape index (κ3) is 2.68. The number of rotatable bonds is 4. The van der Waals surface area contributed by atoms with E-state index in [1.807, 2.05) is 4.90 Å². The molecule has 6 nitrogen and oxygen atoms in total. The molecule has 3 unspecified atom stereocenters. The topological polar surface area (TPSA) is 83.6 Å². The smallest absolute Gasteiger partial charge is 0.241 e. The Bertz CT molecular complexity index is 541. The van der Waals surface area contributed by atoms with Gasteiger partial charge in [-0.2, -0.15) is 0 Å². The zero-order valence-electron chi connectivity index (χ0n) is 12.3. The van der Waals surface area contributed by atoms with Gasteiger partial charge in [0.2, 0.25) is 11.8 Å². The molecule has 114 valence electrons. The van der Waals surface area contributed by atoms with Gasteiger partial charge >= 0.3 is 0 Å². The van der Waals surface area contributed by atoms with E-state index in [-0.39, 0.29) is 18.4 Å². The van der Waals surface area contributed by atoms with Crippen molar-refractivity contribution in [1.29, 1.82) is 0 Å². The lowest BCUT2D eigenvalue weighted by molar-refractivity contribution is -0.128. The molecule has 0 aromatic carbocycles. The monoisotopic (exact) mass is 302 g/mol. The summed E-state index contributed by atoms with van der Waals surface area (Å²) >= 11 is 0. The maximum Gasteiger partial charge on any atom is 0.241 e. The fourth-order valence-corrected chi connectivity index (χ4v) is 2.81. The number of amides is 2. The van der Waals surface area contributed by atoms with Crippen LogP contribution in [0.2, 0.25) is 0 Å². The number of likely N-dealkylation sites (tertiary alicyclic amines) is 1. The van der Waals surface area contributed by atoms with Gasteiger partial charge in [-0.15, -0.1) is 0 Å². The molecule has 1 saturated heterocycles. The van der Waals surface area contributed by atoms with Crippen LogP contribution in [0, 0.1) is 5.92 Å². The maximum absolute atomic E-state index is 12.1. The molecular formula is C13H22N2O4S. The van der Waals surface area contributed by atoms with E-state index in [4.69, 9.17) is 0 Å². The number of sulfone groups is 1. The highest BCUT2D eigenvalue weighted by atomic mass is 32.2. The molecule has 1 aliphatic heterocycles. The summed E-state index contributed by atoms with van der Waals surface area (Å²) in [7, 11) is -3.49. The first-order chi connectivity index (χ1) is 9.04. The van der Waals surface area contributed by atoms with Gasteiger partial charge in [-0.1, -0.05) is 6.92 Å². The van der Waals surface area contributed by atoms with Crippen LogP contribution in [0.3, 0.4) is 0 Å². The van der Waals surface area contributed by atoms with Crippen LogP contribution < -0.4 is 5.32 Å². The van der Waals surface area contributed by atoms with Crippen LogP contribution >= 0.6 is 0 Å². The molecule has 2 aliphatic rings. The summed E-state index contributed by atoms with van der Waals surface area (Å²) < 4.78 is 21.8. The largest absolute Gasteiger partial charge is 0.350 e. The van der Waals surface area contributed by atoms with Crippen molar-refractivity contribution in [3.05, 3.63) is 0 Å². The summed E-state index contributed by atoms with van der Waals surface area (Å²) in [6, 6.07) is 0.0103. The van der Waals surface area contributed by atoms with Crippen LogP contribution in [0.15, 0.2) is 0 Å². The molecule has 2 amide bonds. The molecule has 0 bridgehead atoms. The Labute approximate surface area is 119 Å². The van der Waals surface area contributed by atoms with E-state index < -0.39 is 20.5 Å². The van der Waals surface area contributed by atoms with Crippen molar-refractivity contribution in [3.8, 4) is 0 Å². The Morgan fingerprint density at radius 2 is 1.95 bits per heavy atom. The van der Waals surface area contributed by atoms with Gasteiger partial charge in [0.05, 0.1) is 6.04 Å². The Hall–Kier alpha value is -1.11. The Kier molecular flexibility index (Phi) is 3.60. The van der Waals surface area contributed by atoms with Crippen LogP contribution in [0.1, 0.15) is 33.6 Å². The molecule has 2 rings (SSSR count). The molecular weight excluding hydrogens is 280 g/mol. The first-order valence-electron chi connectivity index (χ1n) is 6.84. The zero-order valence-corrected chi connectivity index (χ0v) is 13.2. The van der Waals surface area contributed by atoms with Gasteiger partial charge in [-0.3, -0.25) is 9.59 Å². The summed E-state index contributed by atoms with van der Waals surface area (Å²) in [5.41, 5.74) is 0. The molecule has 1 saturated carbocycles. The fourth-order valence-electron chi connectivity index (χ4n) is 2.41. The Balaban J connectivity index is 1.98. The second kappa shape index (κ2) is 4.72. The summed E-state index contributed by atoms with van der Waals surface area (Å²) in [6.45, 7) is 5.35. The van der Waals surface area contributed by atoms with Crippen LogP contribution in [0.5, 0.6) is 0 Å². The molecule has 1 N–H and O–H groups in total. The standard InChI is InChI=1S/C13H22N2O4S/c1-8-5-10(8)15-7-9(6-11(15)16)14-12(17)13(2,3)20(4,18)19/h8-10H,5-7H2,1-4H3,(H,14,17). The number of nitrogens with one attached hydrogen (secondary N) is 1. The van der Waals surface area contributed by atoms with E-state index in [0.717, 1.165) is 12.7 Å². The van der Waals surface area contributed by atoms with Crippen molar-refractivity contribution >= 4 is 21.7 Å². The van der Waals surface area contributed by atoms with Crippen LogP contribution in [0.4, 0.5) is 0 Å². The number of hydrogen-bond donors (Lipinski definition) is 1. The summed E-state index contributed by atoms with van der Waals surface area (Å²) in [5.74, 6) is 0.0335. The number of nitrogens with zero attached hydrogens (tertiary/aromatic N) is 1. The van der Waals surface area contributed by atoms with Gasteiger partial charge in [0.1, 0.15) is 4.75 Å².